The highest BCUT2D eigenvalue weighted by Gasteiger charge is 2.15. The summed E-state index contributed by atoms with van der Waals surface area (Å²) < 4.78 is 0. The monoisotopic (exact) mass is 304 g/mol. The third kappa shape index (κ3) is 4.01. The number of aromatic nitrogens is 2. The Kier molecular flexibility index (Phi) is 5.27. The number of carbonyl (C=O) groups excluding carboxylic acids is 1. The van der Waals surface area contributed by atoms with Gasteiger partial charge in [-0.3, -0.25) is 4.79 Å². The Bertz CT molecular complexity index is 598. The first kappa shape index (κ1) is 15.4. The van der Waals surface area contributed by atoms with Crippen molar-refractivity contribution in [1.29, 1.82) is 0 Å². The molecule has 0 saturated heterocycles. The van der Waals surface area contributed by atoms with Gasteiger partial charge in [-0.25, -0.2) is 9.97 Å². The van der Waals surface area contributed by atoms with Gasteiger partial charge in [0.25, 0.3) is 5.91 Å². The summed E-state index contributed by atoms with van der Waals surface area (Å²) in [5, 5.41) is 5.13. The third-order valence-corrected chi connectivity index (χ3v) is 3.71. The summed E-state index contributed by atoms with van der Waals surface area (Å²) in [5.41, 5.74) is 4.26. The molecule has 1 N–H and O–H groups in total. The second kappa shape index (κ2) is 7.17. The molecular weight excluding hydrogens is 284 g/mol. The molecule has 0 unspecified atom stereocenters. The average Bonchev–Trinajstić information content (AvgIpc) is 2.99. The molecule has 0 aromatic carbocycles. The van der Waals surface area contributed by atoms with E-state index >= 15 is 0 Å². The van der Waals surface area contributed by atoms with Crippen LogP contribution in [-0.4, -0.2) is 34.4 Å². The van der Waals surface area contributed by atoms with Crippen molar-refractivity contribution in [2.75, 3.05) is 18.9 Å². The summed E-state index contributed by atoms with van der Waals surface area (Å²) in [6.07, 6.45) is 0.801. The fourth-order valence-electron chi connectivity index (χ4n) is 2.01. The van der Waals surface area contributed by atoms with Gasteiger partial charge >= 0.3 is 0 Å². The predicted molar refractivity (Wildman–Crippen MR) is 85.7 cm³/mol. The lowest BCUT2D eigenvalue weighted by Crippen LogP contribution is -2.26. The SMILES string of the molecule is CCNc1cc(C(=O)N(C)Cc2cscn2)cc(CC)n1. The molecule has 2 aromatic rings. The van der Waals surface area contributed by atoms with E-state index in [0.717, 1.165) is 30.2 Å². The average molecular weight is 304 g/mol. The van der Waals surface area contributed by atoms with Crippen molar-refractivity contribution < 1.29 is 4.79 Å². The van der Waals surface area contributed by atoms with Gasteiger partial charge in [0.1, 0.15) is 5.82 Å². The Labute approximate surface area is 129 Å². The zero-order valence-corrected chi connectivity index (χ0v) is 13.4. The number of rotatable bonds is 6. The first-order valence-electron chi connectivity index (χ1n) is 7.01. The Morgan fingerprint density at radius 1 is 1.33 bits per heavy atom. The number of thiazole rings is 1. The van der Waals surface area contributed by atoms with Crippen LogP contribution in [0.15, 0.2) is 23.0 Å². The van der Waals surface area contributed by atoms with Crippen LogP contribution in [0.5, 0.6) is 0 Å². The van der Waals surface area contributed by atoms with Crippen LogP contribution in [-0.2, 0) is 13.0 Å². The number of hydrogen-bond donors (Lipinski definition) is 1. The second-order valence-corrected chi connectivity index (χ2v) is 5.48. The van der Waals surface area contributed by atoms with Gasteiger partial charge in [0.2, 0.25) is 0 Å². The van der Waals surface area contributed by atoms with Gasteiger partial charge in [-0.1, -0.05) is 6.92 Å². The zero-order valence-electron chi connectivity index (χ0n) is 12.6. The first-order chi connectivity index (χ1) is 10.1. The van der Waals surface area contributed by atoms with Gasteiger partial charge in [-0.05, 0) is 25.5 Å². The fraction of sp³-hybridized carbons (Fsp3) is 0.400. The number of amides is 1. The summed E-state index contributed by atoms with van der Waals surface area (Å²) >= 11 is 1.54. The van der Waals surface area contributed by atoms with E-state index in [1.807, 2.05) is 31.4 Å². The maximum absolute atomic E-state index is 12.5. The molecule has 0 spiro atoms. The van der Waals surface area contributed by atoms with Gasteiger partial charge < -0.3 is 10.2 Å². The summed E-state index contributed by atoms with van der Waals surface area (Å²) in [4.78, 5) is 22.9. The van der Waals surface area contributed by atoms with Gasteiger partial charge in [0, 0.05) is 30.2 Å². The molecule has 0 radical (unpaired) electrons. The van der Waals surface area contributed by atoms with Crippen LogP contribution in [0.1, 0.15) is 35.6 Å². The molecule has 0 aliphatic heterocycles. The molecule has 2 aromatic heterocycles. The van der Waals surface area contributed by atoms with Crippen LogP contribution in [0.2, 0.25) is 0 Å². The van der Waals surface area contributed by atoms with Crippen molar-refractivity contribution in [3.05, 3.63) is 40.0 Å². The molecule has 112 valence electrons. The lowest BCUT2D eigenvalue weighted by molar-refractivity contribution is 0.0783. The Hall–Kier alpha value is -1.95. The fourth-order valence-corrected chi connectivity index (χ4v) is 2.56. The molecule has 2 heterocycles. The summed E-state index contributed by atoms with van der Waals surface area (Å²) in [7, 11) is 1.79. The van der Waals surface area contributed by atoms with Crippen LogP contribution >= 0.6 is 11.3 Å². The predicted octanol–water partition coefficient (Wildman–Crippen LogP) is 2.80. The highest BCUT2D eigenvalue weighted by molar-refractivity contribution is 7.07. The lowest BCUT2D eigenvalue weighted by Gasteiger charge is -2.17. The van der Waals surface area contributed by atoms with Crippen molar-refractivity contribution in [2.45, 2.75) is 26.8 Å². The number of nitrogens with one attached hydrogen (secondary N) is 1. The number of anilines is 1. The van der Waals surface area contributed by atoms with E-state index in [0.29, 0.717) is 12.1 Å². The van der Waals surface area contributed by atoms with Crippen molar-refractivity contribution in [1.82, 2.24) is 14.9 Å². The Morgan fingerprint density at radius 3 is 2.76 bits per heavy atom. The van der Waals surface area contributed by atoms with Crippen molar-refractivity contribution in [3.8, 4) is 0 Å². The molecule has 2 rings (SSSR count). The standard InChI is InChI=1S/C15H20N4OS/c1-4-12-6-11(7-14(18-12)16-5-2)15(20)19(3)8-13-9-21-10-17-13/h6-7,9-10H,4-5,8H2,1-3H3,(H,16,18). The van der Waals surface area contributed by atoms with Gasteiger partial charge in [-0.15, -0.1) is 11.3 Å². The van der Waals surface area contributed by atoms with Gasteiger partial charge in [0.15, 0.2) is 0 Å². The molecule has 1 amide bonds. The number of aryl methyl sites for hydroxylation is 1. The molecule has 21 heavy (non-hydrogen) atoms. The van der Waals surface area contributed by atoms with Gasteiger partial charge in [-0.2, -0.15) is 0 Å². The van der Waals surface area contributed by atoms with Crippen molar-refractivity contribution >= 4 is 23.1 Å². The normalized spacial score (nSPS) is 10.4. The smallest absolute Gasteiger partial charge is 0.254 e. The van der Waals surface area contributed by atoms with Crippen LogP contribution in [0.4, 0.5) is 5.82 Å². The van der Waals surface area contributed by atoms with E-state index < -0.39 is 0 Å². The molecule has 0 saturated carbocycles. The minimum Gasteiger partial charge on any atom is -0.370 e. The minimum absolute atomic E-state index is 0.0146. The third-order valence-electron chi connectivity index (χ3n) is 3.07. The molecule has 6 heteroatoms. The minimum atomic E-state index is -0.0146. The van der Waals surface area contributed by atoms with E-state index in [1.54, 1.807) is 17.5 Å². The molecule has 0 bridgehead atoms. The van der Waals surface area contributed by atoms with E-state index in [4.69, 9.17) is 0 Å². The highest BCUT2D eigenvalue weighted by Crippen LogP contribution is 2.14. The molecular formula is C15H20N4OS. The van der Waals surface area contributed by atoms with Crippen molar-refractivity contribution in [3.63, 3.8) is 0 Å². The highest BCUT2D eigenvalue weighted by atomic mass is 32.1. The topological polar surface area (TPSA) is 58.1 Å². The molecule has 5 nitrogen and oxygen atoms in total. The number of hydrogen-bond acceptors (Lipinski definition) is 5. The van der Waals surface area contributed by atoms with E-state index in [2.05, 4.69) is 15.3 Å². The maximum atomic E-state index is 12.5. The summed E-state index contributed by atoms with van der Waals surface area (Å²) in [6, 6.07) is 3.67. The van der Waals surface area contributed by atoms with Crippen LogP contribution < -0.4 is 5.32 Å². The number of nitrogens with zero attached hydrogens (tertiary/aromatic N) is 3. The summed E-state index contributed by atoms with van der Waals surface area (Å²) in [6.45, 7) is 5.34. The van der Waals surface area contributed by atoms with Crippen molar-refractivity contribution in [2.24, 2.45) is 0 Å². The van der Waals surface area contributed by atoms with Gasteiger partial charge in [0.05, 0.1) is 17.7 Å². The maximum Gasteiger partial charge on any atom is 0.254 e. The Morgan fingerprint density at radius 2 is 2.14 bits per heavy atom. The molecule has 0 aliphatic rings. The van der Waals surface area contributed by atoms with E-state index in [1.165, 1.54) is 11.3 Å². The Balaban J connectivity index is 2.18. The number of carbonyl (C=O) groups is 1. The number of pyridine rings is 1. The molecule has 0 aliphatic carbocycles. The zero-order chi connectivity index (χ0) is 15.2. The summed E-state index contributed by atoms with van der Waals surface area (Å²) in [5.74, 6) is 0.738. The van der Waals surface area contributed by atoms with Crippen LogP contribution in [0, 0.1) is 0 Å². The van der Waals surface area contributed by atoms with E-state index in [9.17, 15) is 4.79 Å². The van der Waals surface area contributed by atoms with E-state index in [-0.39, 0.29) is 5.91 Å². The molecule has 0 atom stereocenters. The largest absolute Gasteiger partial charge is 0.370 e. The van der Waals surface area contributed by atoms with Crippen LogP contribution in [0.25, 0.3) is 0 Å². The quantitative estimate of drug-likeness (QED) is 0.891. The van der Waals surface area contributed by atoms with Crippen LogP contribution in [0.3, 0.4) is 0 Å². The first-order valence-corrected chi connectivity index (χ1v) is 7.95. The molecule has 0 fully saturated rings. The second-order valence-electron chi connectivity index (χ2n) is 4.76. The lowest BCUT2D eigenvalue weighted by atomic mass is 10.1.